The zero-order chi connectivity index (χ0) is 23.5. The Morgan fingerprint density at radius 2 is 1.29 bits per heavy atom. The first-order valence-electron chi connectivity index (χ1n) is 12.2. The third-order valence-corrected chi connectivity index (χ3v) is 7.19. The van der Waals surface area contributed by atoms with Crippen molar-refractivity contribution in [2.75, 3.05) is 52.4 Å². The molecule has 2 aliphatic heterocycles. The molecule has 0 atom stereocenters. The van der Waals surface area contributed by atoms with Crippen molar-refractivity contribution < 1.29 is 9.90 Å². The highest BCUT2D eigenvalue weighted by atomic mass is 16.4. The normalized spacial score (nSPS) is 18.0. The van der Waals surface area contributed by atoms with Crippen molar-refractivity contribution >= 4 is 16.7 Å². The number of benzene rings is 2. The predicted octanol–water partition coefficient (Wildman–Crippen LogP) is 2.90. The van der Waals surface area contributed by atoms with Crippen LogP contribution in [-0.2, 0) is 6.54 Å². The summed E-state index contributed by atoms with van der Waals surface area (Å²) >= 11 is 0. The number of pyridine rings is 1. The van der Waals surface area contributed by atoms with Crippen molar-refractivity contribution in [3.05, 3.63) is 76.2 Å². The third kappa shape index (κ3) is 4.64. The molecule has 3 heterocycles. The number of nitrogens with zero attached hydrogens (tertiary/aromatic N) is 4. The molecule has 7 heteroatoms. The molecule has 0 amide bonds. The summed E-state index contributed by atoms with van der Waals surface area (Å²) in [6.07, 6.45) is 2.63. The van der Waals surface area contributed by atoms with E-state index >= 15 is 0 Å². The number of fused-ring (bicyclic) bond motifs is 1. The zero-order valence-corrected chi connectivity index (χ0v) is 19.5. The van der Waals surface area contributed by atoms with Crippen LogP contribution in [0.4, 0.5) is 0 Å². The maximum atomic E-state index is 13.6. The van der Waals surface area contributed by atoms with Gasteiger partial charge >= 0.3 is 5.97 Å². The minimum Gasteiger partial charge on any atom is -0.478 e. The van der Waals surface area contributed by atoms with E-state index in [0.717, 1.165) is 39.3 Å². The maximum absolute atomic E-state index is 13.6. The molecule has 2 aromatic carbocycles. The van der Waals surface area contributed by atoms with Crippen molar-refractivity contribution in [3.63, 3.8) is 0 Å². The highest BCUT2D eigenvalue weighted by Gasteiger charge is 2.26. The van der Waals surface area contributed by atoms with Gasteiger partial charge in [-0.2, -0.15) is 0 Å². The van der Waals surface area contributed by atoms with Gasteiger partial charge in [0.25, 0.3) is 5.56 Å². The Bertz CT molecular complexity index is 1210. The Morgan fingerprint density at radius 3 is 1.94 bits per heavy atom. The van der Waals surface area contributed by atoms with Crippen LogP contribution in [0.25, 0.3) is 16.5 Å². The number of likely N-dealkylation sites (tertiary alicyclic amines) is 1. The summed E-state index contributed by atoms with van der Waals surface area (Å²) in [5, 5.41) is 11.2. The van der Waals surface area contributed by atoms with Crippen molar-refractivity contribution in [3.8, 4) is 5.69 Å². The van der Waals surface area contributed by atoms with E-state index in [9.17, 15) is 14.7 Å². The maximum Gasteiger partial charge on any atom is 0.338 e. The smallest absolute Gasteiger partial charge is 0.338 e. The molecule has 3 aromatic rings. The molecule has 5 rings (SSSR count). The van der Waals surface area contributed by atoms with Crippen molar-refractivity contribution in [2.45, 2.75) is 19.4 Å². The molecule has 178 valence electrons. The van der Waals surface area contributed by atoms with Crippen LogP contribution in [0.3, 0.4) is 0 Å². The van der Waals surface area contributed by atoms with E-state index in [2.05, 4.69) is 14.7 Å². The van der Waals surface area contributed by atoms with Gasteiger partial charge in [0.15, 0.2) is 0 Å². The van der Waals surface area contributed by atoms with E-state index in [-0.39, 0.29) is 11.1 Å². The van der Waals surface area contributed by atoms with Crippen molar-refractivity contribution in [1.82, 2.24) is 19.3 Å². The van der Waals surface area contributed by atoms with Crippen LogP contribution in [0.5, 0.6) is 0 Å². The molecular formula is C27H32N4O3. The summed E-state index contributed by atoms with van der Waals surface area (Å²) in [6.45, 7) is 8.70. The van der Waals surface area contributed by atoms with Crippen LogP contribution >= 0.6 is 0 Å². The summed E-state index contributed by atoms with van der Waals surface area (Å²) in [5.74, 6) is -1.000. The highest BCUT2D eigenvalue weighted by Crippen LogP contribution is 2.24. The lowest BCUT2D eigenvalue weighted by atomic mass is 10.0. The van der Waals surface area contributed by atoms with Crippen LogP contribution in [0.2, 0.25) is 0 Å². The fraction of sp³-hybridized carbons (Fsp3) is 0.407. The molecule has 2 saturated heterocycles. The van der Waals surface area contributed by atoms with Crippen LogP contribution in [0, 0.1) is 0 Å². The Balaban J connectivity index is 1.44. The van der Waals surface area contributed by atoms with Crippen LogP contribution in [-0.4, -0.2) is 82.7 Å². The molecule has 0 aliphatic carbocycles. The molecule has 0 bridgehead atoms. The summed E-state index contributed by atoms with van der Waals surface area (Å²) in [6, 6.07) is 16.4. The molecule has 2 fully saturated rings. The number of rotatable bonds is 7. The van der Waals surface area contributed by atoms with Crippen molar-refractivity contribution in [2.24, 2.45) is 0 Å². The number of hydrogen-bond donors (Lipinski definition) is 1. The lowest BCUT2D eigenvalue weighted by molar-refractivity contribution is 0.0693. The molecule has 7 nitrogen and oxygen atoms in total. The topological polar surface area (TPSA) is 69.0 Å². The van der Waals surface area contributed by atoms with Crippen LogP contribution in [0.1, 0.15) is 28.9 Å². The number of para-hydroxylation sites is 1. The number of aromatic nitrogens is 1. The quantitative estimate of drug-likeness (QED) is 0.585. The second-order valence-electron chi connectivity index (χ2n) is 9.32. The molecule has 0 unspecified atom stereocenters. The first-order valence-corrected chi connectivity index (χ1v) is 12.2. The number of aromatic carboxylic acids is 1. The standard InChI is InChI=1S/C27H32N4O3/c32-26-23-11-5-4-10-22(23)25(27(33)34)24(31(26)21-8-2-1-3-9-21)20-30-18-16-29(17-19-30)15-14-28-12-6-7-13-28/h1-5,8-11H,6-7,12-20H2,(H,33,34). The van der Waals surface area contributed by atoms with Gasteiger partial charge in [-0.1, -0.05) is 36.4 Å². The average molecular weight is 461 g/mol. The molecule has 1 aromatic heterocycles. The van der Waals surface area contributed by atoms with Gasteiger partial charge < -0.3 is 10.0 Å². The Labute approximate surface area is 199 Å². The predicted molar refractivity (Wildman–Crippen MR) is 134 cm³/mol. The van der Waals surface area contributed by atoms with Crippen LogP contribution < -0.4 is 5.56 Å². The van der Waals surface area contributed by atoms with Gasteiger partial charge in [-0.3, -0.25) is 19.2 Å². The van der Waals surface area contributed by atoms with Gasteiger partial charge in [-0.25, -0.2) is 4.79 Å². The number of carboxylic acids is 1. The van der Waals surface area contributed by atoms with Crippen LogP contribution in [0.15, 0.2) is 59.4 Å². The minimum absolute atomic E-state index is 0.175. The third-order valence-electron chi connectivity index (χ3n) is 7.19. The number of hydrogen-bond acceptors (Lipinski definition) is 5. The second kappa shape index (κ2) is 10.1. The Morgan fingerprint density at radius 1 is 0.735 bits per heavy atom. The average Bonchev–Trinajstić information content (AvgIpc) is 3.38. The molecule has 34 heavy (non-hydrogen) atoms. The first kappa shape index (κ1) is 22.8. The van der Waals surface area contributed by atoms with Gasteiger partial charge in [-0.05, 0) is 44.1 Å². The van der Waals surface area contributed by atoms with Gasteiger partial charge in [0.2, 0.25) is 0 Å². The second-order valence-corrected chi connectivity index (χ2v) is 9.32. The fourth-order valence-electron chi connectivity index (χ4n) is 5.31. The molecular weight excluding hydrogens is 428 g/mol. The lowest BCUT2D eigenvalue weighted by Crippen LogP contribution is -2.48. The van der Waals surface area contributed by atoms with E-state index in [1.807, 2.05) is 30.3 Å². The SMILES string of the molecule is O=C(O)c1c(CN2CCN(CCN3CCCC3)CC2)n(-c2ccccc2)c(=O)c2ccccc12. The molecule has 2 aliphatic rings. The summed E-state index contributed by atoms with van der Waals surface area (Å²) in [7, 11) is 0. The zero-order valence-electron chi connectivity index (χ0n) is 19.5. The van der Waals surface area contributed by atoms with Gasteiger partial charge in [0.1, 0.15) is 0 Å². The number of piperazine rings is 1. The molecule has 0 radical (unpaired) electrons. The van der Waals surface area contributed by atoms with Gasteiger partial charge in [0.05, 0.1) is 11.3 Å². The molecule has 0 saturated carbocycles. The fourth-order valence-corrected chi connectivity index (χ4v) is 5.31. The highest BCUT2D eigenvalue weighted by molar-refractivity contribution is 6.04. The molecule has 0 spiro atoms. The van der Waals surface area contributed by atoms with E-state index in [1.54, 1.807) is 28.8 Å². The first-order chi connectivity index (χ1) is 16.6. The van der Waals surface area contributed by atoms with E-state index in [1.165, 1.54) is 25.9 Å². The number of carboxylic acid groups (broad SMARTS) is 1. The Kier molecular flexibility index (Phi) is 6.76. The van der Waals surface area contributed by atoms with Gasteiger partial charge in [0, 0.05) is 62.3 Å². The monoisotopic (exact) mass is 460 g/mol. The van der Waals surface area contributed by atoms with E-state index in [4.69, 9.17) is 0 Å². The molecule has 1 N–H and O–H groups in total. The van der Waals surface area contributed by atoms with E-state index in [0.29, 0.717) is 28.7 Å². The number of carbonyl (C=O) groups is 1. The van der Waals surface area contributed by atoms with Gasteiger partial charge in [-0.15, -0.1) is 0 Å². The van der Waals surface area contributed by atoms with Crippen molar-refractivity contribution in [1.29, 1.82) is 0 Å². The minimum atomic E-state index is -1.000. The van der Waals surface area contributed by atoms with E-state index < -0.39 is 5.97 Å². The summed E-state index contributed by atoms with van der Waals surface area (Å²) in [5.41, 5.74) is 1.29. The Hall–Kier alpha value is -3.00. The summed E-state index contributed by atoms with van der Waals surface area (Å²) in [4.78, 5) is 33.4. The summed E-state index contributed by atoms with van der Waals surface area (Å²) < 4.78 is 1.60. The largest absolute Gasteiger partial charge is 0.478 e. The lowest BCUT2D eigenvalue weighted by Gasteiger charge is -2.36.